The number of benzene rings is 1. The second kappa shape index (κ2) is 6.41. The minimum Gasteiger partial charge on any atom is -0.443 e. The minimum absolute atomic E-state index is 0.165. The Hall–Kier alpha value is -2.74. The highest BCUT2D eigenvalue weighted by atomic mass is 32.1. The Morgan fingerprint density at radius 1 is 1.36 bits per heavy atom. The molecular weight excluding hydrogens is 376 g/mol. The molecule has 3 heterocycles. The van der Waals surface area contributed by atoms with Gasteiger partial charge in [-0.1, -0.05) is 0 Å². The van der Waals surface area contributed by atoms with Crippen LogP contribution in [0.15, 0.2) is 24.0 Å². The molecule has 0 spiro atoms. The Balaban J connectivity index is 1.94. The van der Waals surface area contributed by atoms with E-state index in [1.54, 1.807) is 4.90 Å². The number of amides is 2. The number of hydrogen-bond acceptors (Lipinski definition) is 6. The van der Waals surface area contributed by atoms with E-state index in [-0.39, 0.29) is 11.9 Å². The van der Waals surface area contributed by atoms with Gasteiger partial charge in [0, 0.05) is 28.4 Å². The van der Waals surface area contributed by atoms with Crippen molar-refractivity contribution in [3.63, 3.8) is 0 Å². The van der Waals surface area contributed by atoms with Crippen LogP contribution in [0.3, 0.4) is 0 Å². The molecule has 2 aliphatic heterocycles. The molecule has 148 valence electrons. The van der Waals surface area contributed by atoms with E-state index < -0.39 is 11.7 Å². The minimum atomic E-state index is -0.631. The molecule has 0 unspecified atom stereocenters. The lowest BCUT2D eigenvalue weighted by Crippen LogP contribution is -2.43. The van der Waals surface area contributed by atoms with Gasteiger partial charge in [-0.25, -0.2) is 4.79 Å². The fourth-order valence-electron chi connectivity index (χ4n) is 3.58. The molecule has 28 heavy (non-hydrogen) atoms. The number of rotatable bonds is 0. The summed E-state index contributed by atoms with van der Waals surface area (Å²) >= 11 is 1.39. The number of nitrogens with two attached hydrogens (primary N) is 1. The molecule has 0 aliphatic carbocycles. The van der Waals surface area contributed by atoms with Crippen molar-refractivity contribution in [2.75, 3.05) is 16.8 Å². The van der Waals surface area contributed by atoms with E-state index in [9.17, 15) is 9.59 Å². The highest BCUT2D eigenvalue weighted by molar-refractivity contribution is 7.21. The first-order valence-electron chi connectivity index (χ1n) is 9.26. The molecule has 0 bridgehead atoms. The number of ether oxygens (including phenoxy) is 1. The molecule has 1 atom stereocenters. The van der Waals surface area contributed by atoms with Crippen molar-refractivity contribution in [1.82, 2.24) is 5.32 Å². The summed E-state index contributed by atoms with van der Waals surface area (Å²) in [7, 11) is 0. The zero-order valence-electron chi connectivity index (χ0n) is 16.4. The smallest absolute Gasteiger partial charge is 0.414 e. The first-order valence-corrected chi connectivity index (χ1v) is 10.1. The van der Waals surface area contributed by atoms with Crippen LogP contribution < -0.4 is 21.3 Å². The normalized spacial score (nSPS) is 19.1. The summed E-state index contributed by atoms with van der Waals surface area (Å²) in [5.41, 5.74) is 7.84. The van der Waals surface area contributed by atoms with E-state index in [1.165, 1.54) is 11.3 Å². The quantitative estimate of drug-likeness (QED) is 0.628. The Morgan fingerprint density at radius 2 is 2.11 bits per heavy atom. The molecule has 8 heteroatoms. The van der Waals surface area contributed by atoms with Crippen LogP contribution in [0.25, 0.3) is 10.1 Å². The zero-order chi connectivity index (χ0) is 20.2. The van der Waals surface area contributed by atoms with E-state index in [4.69, 9.17) is 10.5 Å². The van der Waals surface area contributed by atoms with Crippen LogP contribution in [0, 0.1) is 0 Å². The van der Waals surface area contributed by atoms with Crippen molar-refractivity contribution < 1.29 is 14.3 Å². The van der Waals surface area contributed by atoms with Crippen molar-refractivity contribution >= 4 is 44.8 Å². The predicted molar refractivity (Wildman–Crippen MR) is 112 cm³/mol. The number of nitrogens with one attached hydrogen (secondary N) is 2. The van der Waals surface area contributed by atoms with Gasteiger partial charge in [0.1, 0.15) is 10.5 Å². The van der Waals surface area contributed by atoms with Crippen LogP contribution in [0.1, 0.15) is 42.9 Å². The average Bonchev–Trinajstić information content (AvgIpc) is 2.92. The van der Waals surface area contributed by atoms with Crippen molar-refractivity contribution in [1.29, 1.82) is 0 Å². The van der Waals surface area contributed by atoms with E-state index in [2.05, 4.69) is 10.6 Å². The largest absolute Gasteiger partial charge is 0.443 e. The highest BCUT2D eigenvalue weighted by Crippen LogP contribution is 2.45. The molecule has 1 aromatic carbocycles. The highest BCUT2D eigenvalue weighted by Gasteiger charge is 2.35. The molecule has 2 aliphatic rings. The van der Waals surface area contributed by atoms with Crippen molar-refractivity contribution in [2.24, 2.45) is 5.73 Å². The second-order valence-corrected chi connectivity index (χ2v) is 9.25. The number of nitrogens with zero attached hydrogens (tertiary/aromatic N) is 1. The van der Waals surface area contributed by atoms with Crippen molar-refractivity contribution in [2.45, 2.75) is 45.8 Å². The van der Waals surface area contributed by atoms with Crippen LogP contribution in [-0.2, 0) is 11.2 Å². The molecule has 4 N–H and O–H groups in total. The summed E-state index contributed by atoms with van der Waals surface area (Å²) in [6, 6.07) is 3.73. The molecule has 0 radical (unpaired) electrons. The molecule has 4 rings (SSSR count). The fourth-order valence-corrected chi connectivity index (χ4v) is 4.72. The Morgan fingerprint density at radius 3 is 2.82 bits per heavy atom. The summed E-state index contributed by atoms with van der Waals surface area (Å²) < 4.78 is 6.61. The third-order valence-electron chi connectivity index (χ3n) is 4.67. The van der Waals surface area contributed by atoms with Gasteiger partial charge in [0.15, 0.2) is 0 Å². The first-order chi connectivity index (χ1) is 13.1. The van der Waals surface area contributed by atoms with Gasteiger partial charge in [-0.3, -0.25) is 9.69 Å². The fraction of sp³-hybridized carbons (Fsp3) is 0.400. The van der Waals surface area contributed by atoms with Gasteiger partial charge >= 0.3 is 6.09 Å². The first kappa shape index (κ1) is 18.6. The van der Waals surface area contributed by atoms with E-state index >= 15 is 0 Å². The number of hydrogen-bond donors (Lipinski definition) is 3. The summed E-state index contributed by atoms with van der Waals surface area (Å²) in [5.74, 6) is 0.436. The van der Waals surface area contributed by atoms with Crippen LogP contribution >= 0.6 is 11.3 Å². The Bertz CT molecular complexity index is 1020. The Kier molecular flexibility index (Phi) is 4.26. The predicted octanol–water partition coefficient (Wildman–Crippen LogP) is 3.54. The third-order valence-corrected chi connectivity index (χ3v) is 5.81. The summed E-state index contributed by atoms with van der Waals surface area (Å²) in [6.45, 7) is 7.73. The van der Waals surface area contributed by atoms with Gasteiger partial charge < -0.3 is 21.1 Å². The molecule has 7 nitrogen and oxygen atoms in total. The lowest BCUT2D eigenvalue weighted by atomic mass is 10.00. The van der Waals surface area contributed by atoms with E-state index in [0.717, 1.165) is 21.3 Å². The number of fused-ring (bicyclic) bond motifs is 5. The molecule has 2 amide bonds. The maximum Gasteiger partial charge on any atom is 0.414 e. The summed E-state index contributed by atoms with van der Waals surface area (Å²) in [6.07, 6.45) is 2.09. The van der Waals surface area contributed by atoms with Crippen molar-refractivity contribution in [3.8, 4) is 0 Å². The number of anilines is 2. The molecule has 0 saturated heterocycles. The summed E-state index contributed by atoms with van der Waals surface area (Å²) in [5, 5.41) is 7.05. The number of carbonyl (C=O) groups is 2. The molecule has 0 saturated carbocycles. The lowest BCUT2D eigenvalue weighted by molar-refractivity contribution is 0.0578. The van der Waals surface area contributed by atoms with Gasteiger partial charge in [0.25, 0.3) is 5.91 Å². The maximum atomic E-state index is 13.1. The molecular formula is C20H24N4O3S. The zero-order valence-corrected chi connectivity index (χ0v) is 17.2. The molecule has 0 fully saturated rings. The van der Waals surface area contributed by atoms with Gasteiger partial charge in [0.05, 0.1) is 11.5 Å². The lowest BCUT2D eigenvalue weighted by Gasteiger charge is -2.28. The van der Waals surface area contributed by atoms with E-state index in [1.807, 2.05) is 45.9 Å². The van der Waals surface area contributed by atoms with Gasteiger partial charge in [-0.15, -0.1) is 11.3 Å². The molecule has 1 aromatic heterocycles. The number of allylic oxidation sites excluding steroid dienone is 1. The average molecular weight is 401 g/mol. The maximum absolute atomic E-state index is 13.1. The topological polar surface area (TPSA) is 96.7 Å². The van der Waals surface area contributed by atoms with Crippen LogP contribution in [-0.4, -0.2) is 30.2 Å². The van der Waals surface area contributed by atoms with Gasteiger partial charge in [0.2, 0.25) is 0 Å². The number of thiophene rings is 1. The SMILES string of the molecule is C[C@@H]1CN(C(=O)OC(C)(C)C)c2c(sc3ccc4c(c23)CC=C(N)N4)C(=O)N1. The van der Waals surface area contributed by atoms with Crippen LogP contribution in [0.4, 0.5) is 16.2 Å². The number of carbonyl (C=O) groups excluding carboxylic acids is 2. The standard InChI is InChI=1S/C20H24N4O3S/c1-10-9-24(19(26)27-20(2,3)4)16-15-11-5-8-14(21)23-12(11)6-7-13(15)28-17(16)18(25)22-10/h6-8,10,23H,5,9,21H2,1-4H3,(H,22,25)/t10-/m1/s1. The Labute approximate surface area is 167 Å². The second-order valence-electron chi connectivity index (χ2n) is 8.20. The van der Waals surface area contributed by atoms with Crippen molar-refractivity contribution in [3.05, 3.63) is 34.5 Å². The van der Waals surface area contributed by atoms with Crippen LogP contribution in [0.2, 0.25) is 0 Å². The van der Waals surface area contributed by atoms with E-state index in [0.29, 0.717) is 29.4 Å². The van der Waals surface area contributed by atoms with Gasteiger partial charge in [-0.05, 0) is 57.9 Å². The van der Waals surface area contributed by atoms with Crippen LogP contribution in [0.5, 0.6) is 0 Å². The monoisotopic (exact) mass is 400 g/mol. The third kappa shape index (κ3) is 3.17. The summed E-state index contributed by atoms with van der Waals surface area (Å²) in [4.78, 5) is 28.0. The molecule has 2 aromatic rings. The van der Waals surface area contributed by atoms with Gasteiger partial charge in [-0.2, -0.15) is 0 Å².